The zero-order valence-electron chi connectivity index (χ0n) is 13.7. The lowest BCUT2D eigenvalue weighted by atomic mass is 10.2. The van der Waals surface area contributed by atoms with Crippen LogP contribution < -0.4 is 10.1 Å². The predicted octanol–water partition coefficient (Wildman–Crippen LogP) is 2.88. The van der Waals surface area contributed by atoms with Crippen molar-refractivity contribution in [3.8, 4) is 5.75 Å². The predicted molar refractivity (Wildman–Crippen MR) is 96.0 cm³/mol. The second-order valence-electron chi connectivity index (χ2n) is 6.04. The van der Waals surface area contributed by atoms with Gasteiger partial charge in [-0.05, 0) is 31.1 Å². The smallest absolute Gasteiger partial charge is 0.352 e. The van der Waals surface area contributed by atoms with Crippen LogP contribution in [0.25, 0.3) is 0 Å². The molecule has 2 N–H and O–H groups in total. The van der Waals surface area contributed by atoms with E-state index in [1.165, 1.54) is 6.07 Å². The van der Waals surface area contributed by atoms with Gasteiger partial charge < -0.3 is 4.74 Å². The summed E-state index contributed by atoms with van der Waals surface area (Å²) in [5.74, 6) is 0.569. The van der Waals surface area contributed by atoms with Gasteiger partial charge in [-0.1, -0.05) is 18.2 Å². The molecule has 3 atom stereocenters. The number of aromatic amines is 1. The van der Waals surface area contributed by atoms with Crippen LogP contribution in [0.15, 0.2) is 41.3 Å². The number of fused-ring (bicyclic) bond motifs is 1. The molecule has 4 rings (SSSR count). The molecule has 138 valence electrons. The summed E-state index contributed by atoms with van der Waals surface area (Å²) in [7, 11) is -3.41. The molecule has 1 aromatic heterocycles. The molecular formula is C16H18N2O6PS+. The summed E-state index contributed by atoms with van der Waals surface area (Å²) in [6.45, 7) is 0.376. The summed E-state index contributed by atoms with van der Waals surface area (Å²) in [6.07, 6.45) is 2.54. The third-order valence-corrected chi connectivity index (χ3v) is 5.91. The lowest BCUT2D eigenvalue weighted by Crippen LogP contribution is -2.22. The number of hydrogen-bond donors (Lipinski definition) is 2. The molecule has 26 heavy (non-hydrogen) atoms. The second kappa shape index (κ2) is 7.19. The quantitative estimate of drug-likeness (QED) is 0.605. The van der Waals surface area contributed by atoms with Crippen molar-refractivity contribution in [3.63, 3.8) is 0 Å². The van der Waals surface area contributed by atoms with Crippen LogP contribution in [0, 0.1) is 4.77 Å². The molecule has 0 saturated carbocycles. The van der Waals surface area contributed by atoms with Crippen molar-refractivity contribution in [2.75, 3.05) is 6.61 Å². The number of para-hydroxylation sites is 1. The number of nitrogens with one attached hydrogen (secondary N) is 1. The van der Waals surface area contributed by atoms with Gasteiger partial charge in [-0.2, -0.15) is 4.89 Å². The van der Waals surface area contributed by atoms with Gasteiger partial charge in [0.15, 0.2) is 10.5 Å². The molecule has 3 unspecified atom stereocenters. The van der Waals surface area contributed by atoms with Crippen LogP contribution in [-0.4, -0.2) is 27.2 Å². The van der Waals surface area contributed by atoms with Gasteiger partial charge in [0.05, 0.1) is 6.10 Å². The van der Waals surface area contributed by atoms with Gasteiger partial charge in [-0.3, -0.25) is 18.9 Å². The number of hydrogen-bond acceptors (Lipinski definition) is 7. The minimum Gasteiger partial charge on any atom is -0.352 e. The van der Waals surface area contributed by atoms with E-state index in [0.717, 1.165) is 18.4 Å². The number of nitrogens with zero attached hydrogens (tertiary/aromatic N) is 1. The first-order valence-electron chi connectivity index (χ1n) is 8.18. The minimum atomic E-state index is -3.41. The van der Waals surface area contributed by atoms with Crippen LogP contribution in [0.5, 0.6) is 5.75 Å². The molecule has 10 heteroatoms. The molecule has 0 bridgehead atoms. The van der Waals surface area contributed by atoms with Crippen molar-refractivity contribution in [1.29, 1.82) is 0 Å². The topological polar surface area (TPSA) is 94.9 Å². The van der Waals surface area contributed by atoms with Gasteiger partial charge in [0.25, 0.3) is 5.56 Å². The molecule has 1 fully saturated rings. The first kappa shape index (κ1) is 17.8. The lowest BCUT2D eigenvalue weighted by Gasteiger charge is -2.22. The third-order valence-electron chi connectivity index (χ3n) is 4.24. The van der Waals surface area contributed by atoms with Crippen molar-refractivity contribution >= 4 is 20.4 Å². The first-order valence-corrected chi connectivity index (χ1v) is 10.1. The Kier molecular flexibility index (Phi) is 4.92. The highest BCUT2D eigenvalue weighted by Crippen LogP contribution is 2.61. The van der Waals surface area contributed by atoms with Crippen LogP contribution in [0.3, 0.4) is 0 Å². The summed E-state index contributed by atoms with van der Waals surface area (Å²) < 4.78 is 24.4. The Morgan fingerprint density at radius 3 is 3.04 bits per heavy atom. The molecule has 2 aliphatic rings. The van der Waals surface area contributed by atoms with E-state index in [4.69, 9.17) is 30.5 Å². The van der Waals surface area contributed by atoms with Gasteiger partial charge >= 0.3 is 8.17 Å². The molecule has 1 aromatic carbocycles. The number of benzene rings is 1. The van der Waals surface area contributed by atoms with Crippen molar-refractivity contribution in [3.05, 3.63) is 57.2 Å². The summed E-state index contributed by atoms with van der Waals surface area (Å²) in [5.41, 5.74) is 0.619. The van der Waals surface area contributed by atoms with E-state index in [0.29, 0.717) is 10.5 Å². The van der Waals surface area contributed by atoms with Crippen molar-refractivity contribution < 1.29 is 23.2 Å². The van der Waals surface area contributed by atoms with Gasteiger partial charge in [0, 0.05) is 17.8 Å². The summed E-state index contributed by atoms with van der Waals surface area (Å²) in [5, 5.41) is 0. The Morgan fingerprint density at radius 2 is 2.19 bits per heavy atom. The Morgan fingerprint density at radius 1 is 1.35 bits per heavy atom. The molecule has 0 amide bonds. The van der Waals surface area contributed by atoms with Gasteiger partial charge in [-0.25, -0.2) is 0 Å². The SMILES string of the molecule is O=c1ccn(C2CCC(CO[P+]3(O)OCc4ccccc4O3)O2)c(=S)[nH]1. The summed E-state index contributed by atoms with van der Waals surface area (Å²) in [6, 6.07) is 8.75. The van der Waals surface area contributed by atoms with Crippen molar-refractivity contribution in [2.24, 2.45) is 0 Å². The Balaban J connectivity index is 1.36. The van der Waals surface area contributed by atoms with Gasteiger partial charge in [0.2, 0.25) is 0 Å². The molecule has 3 heterocycles. The zero-order chi connectivity index (χ0) is 18.1. The van der Waals surface area contributed by atoms with Crippen LogP contribution in [0.1, 0.15) is 24.6 Å². The van der Waals surface area contributed by atoms with Crippen LogP contribution in [0.4, 0.5) is 0 Å². The fourth-order valence-corrected chi connectivity index (χ4v) is 4.47. The van der Waals surface area contributed by atoms with E-state index in [9.17, 15) is 9.69 Å². The monoisotopic (exact) mass is 397 g/mol. The molecule has 2 aliphatic heterocycles. The molecule has 0 spiro atoms. The third kappa shape index (κ3) is 3.73. The van der Waals surface area contributed by atoms with E-state index >= 15 is 0 Å². The highest BCUT2D eigenvalue weighted by molar-refractivity contribution is 7.71. The number of aromatic nitrogens is 2. The summed E-state index contributed by atoms with van der Waals surface area (Å²) >= 11 is 5.16. The van der Waals surface area contributed by atoms with Crippen LogP contribution in [-0.2, 0) is 20.4 Å². The normalized spacial score (nSPS) is 27.7. The molecule has 0 radical (unpaired) electrons. The highest BCUT2D eigenvalue weighted by atomic mass is 32.1. The highest BCUT2D eigenvalue weighted by Gasteiger charge is 2.51. The fourth-order valence-electron chi connectivity index (χ4n) is 2.92. The van der Waals surface area contributed by atoms with Gasteiger partial charge in [0.1, 0.15) is 19.4 Å². The Bertz CT molecular complexity index is 918. The van der Waals surface area contributed by atoms with E-state index in [-0.39, 0.29) is 31.1 Å². The minimum absolute atomic E-state index is 0.139. The Labute approximate surface area is 155 Å². The second-order valence-corrected chi connectivity index (χ2v) is 8.07. The molecular weight excluding hydrogens is 379 g/mol. The summed E-state index contributed by atoms with van der Waals surface area (Å²) in [4.78, 5) is 24.3. The molecule has 0 aliphatic carbocycles. The first-order chi connectivity index (χ1) is 12.5. The maximum atomic E-state index is 11.3. The van der Waals surface area contributed by atoms with Crippen molar-refractivity contribution in [2.45, 2.75) is 31.8 Å². The van der Waals surface area contributed by atoms with E-state index in [2.05, 4.69) is 4.98 Å². The maximum absolute atomic E-state index is 11.3. The number of rotatable bonds is 4. The van der Waals surface area contributed by atoms with E-state index in [1.54, 1.807) is 16.8 Å². The average molecular weight is 397 g/mol. The maximum Gasteiger partial charge on any atom is 0.619 e. The number of ether oxygens (including phenoxy) is 1. The standard InChI is InChI=1S/C16H17N2O6PS/c19-14-7-8-18(16(26)17-14)15-6-5-12(23-15)10-22-25(20)21-9-11-3-1-2-4-13(11)24-25/h1-4,7-8,12,15,20H,5-6,9-10H2/p+1. The largest absolute Gasteiger partial charge is 0.619 e. The molecule has 8 nitrogen and oxygen atoms in total. The lowest BCUT2D eigenvalue weighted by molar-refractivity contribution is -0.0293. The number of H-pyrrole nitrogens is 1. The Hall–Kier alpha value is -1.61. The van der Waals surface area contributed by atoms with Crippen LogP contribution >= 0.6 is 20.4 Å². The fraction of sp³-hybridized carbons (Fsp3) is 0.375. The van der Waals surface area contributed by atoms with Crippen molar-refractivity contribution in [1.82, 2.24) is 9.55 Å². The zero-order valence-corrected chi connectivity index (χ0v) is 15.4. The van der Waals surface area contributed by atoms with E-state index < -0.39 is 8.17 Å². The average Bonchev–Trinajstić information content (AvgIpc) is 3.09. The van der Waals surface area contributed by atoms with Gasteiger partial charge in [-0.15, -0.1) is 9.05 Å². The molecule has 2 aromatic rings. The van der Waals surface area contributed by atoms with E-state index in [1.807, 2.05) is 18.2 Å². The van der Waals surface area contributed by atoms with Crippen LogP contribution in [0.2, 0.25) is 0 Å². The molecule has 1 saturated heterocycles.